The van der Waals surface area contributed by atoms with Crippen LogP contribution in [-0.4, -0.2) is 49.5 Å². The summed E-state index contributed by atoms with van der Waals surface area (Å²) in [5.41, 5.74) is 0. The van der Waals surface area contributed by atoms with Crippen LogP contribution in [0.2, 0.25) is 0 Å². The summed E-state index contributed by atoms with van der Waals surface area (Å²) in [5.74, 6) is 1.80. The second-order valence-corrected chi connectivity index (χ2v) is 4.76. The van der Waals surface area contributed by atoms with Gasteiger partial charge in [0, 0.05) is 13.1 Å². The van der Waals surface area contributed by atoms with Crippen LogP contribution < -0.4 is 0 Å². The summed E-state index contributed by atoms with van der Waals surface area (Å²) < 4.78 is 5.30. The SMILES string of the molecule is CCC(CC)C1CCN(CCOCCO)C1. The Labute approximate surface area is 99.8 Å². The standard InChI is InChI=1S/C13H27NO2/c1-3-12(4-2)13-5-6-14(11-13)7-9-16-10-8-15/h12-13,15H,3-11H2,1-2H3. The van der Waals surface area contributed by atoms with E-state index in [-0.39, 0.29) is 6.61 Å². The van der Waals surface area contributed by atoms with E-state index in [0.29, 0.717) is 6.61 Å². The minimum Gasteiger partial charge on any atom is -0.394 e. The van der Waals surface area contributed by atoms with Gasteiger partial charge in [0.2, 0.25) is 0 Å². The number of hydrogen-bond acceptors (Lipinski definition) is 3. The third kappa shape index (κ3) is 4.40. The van der Waals surface area contributed by atoms with Crippen molar-refractivity contribution in [3.63, 3.8) is 0 Å². The van der Waals surface area contributed by atoms with Crippen molar-refractivity contribution in [3.05, 3.63) is 0 Å². The van der Waals surface area contributed by atoms with Crippen molar-refractivity contribution in [2.24, 2.45) is 11.8 Å². The molecule has 0 spiro atoms. The Bertz CT molecular complexity index is 171. The summed E-state index contributed by atoms with van der Waals surface area (Å²) >= 11 is 0. The molecule has 1 saturated heterocycles. The molecule has 1 rings (SSSR count). The van der Waals surface area contributed by atoms with E-state index in [2.05, 4.69) is 18.7 Å². The third-order valence-electron chi connectivity index (χ3n) is 3.81. The largest absolute Gasteiger partial charge is 0.394 e. The topological polar surface area (TPSA) is 32.7 Å². The van der Waals surface area contributed by atoms with E-state index in [4.69, 9.17) is 9.84 Å². The lowest BCUT2D eigenvalue weighted by Crippen LogP contribution is -2.27. The van der Waals surface area contributed by atoms with E-state index in [1.165, 1.54) is 32.4 Å². The Balaban J connectivity index is 2.14. The van der Waals surface area contributed by atoms with Gasteiger partial charge in [-0.3, -0.25) is 0 Å². The zero-order valence-electron chi connectivity index (χ0n) is 10.8. The lowest BCUT2D eigenvalue weighted by atomic mass is 9.87. The summed E-state index contributed by atoms with van der Waals surface area (Å²) in [4.78, 5) is 2.50. The van der Waals surface area contributed by atoms with Gasteiger partial charge in [0.1, 0.15) is 0 Å². The number of nitrogens with zero attached hydrogens (tertiary/aromatic N) is 1. The van der Waals surface area contributed by atoms with Crippen LogP contribution in [0.3, 0.4) is 0 Å². The Morgan fingerprint density at radius 2 is 2.06 bits per heavy atom. The molecule has 16 heavy (non-hydrogen) atoms. The van der Waals surface area contributed by atoms with Crippen LogP contribution in [-0.2, 0) is 4.74 Å². The van der Waals surface area contributed by atoms with E-state index in [1.54, 1.807) is 0 Å². The second kappa shape index (κ2) is 8.04. The summed E-state index contributed by atoms with van der Waals surface area (Å²) in [6.45, 7) is 9.48. The van der Waals surface area contributed by atoms with Gasteiger partial charge in [-0.05, 0) is 24.8 Å². The van der Waals surface area contributed by atoms with E-state index >= 15 is 0 Å². The Hall–Kier alpha value is -0.120. The van der Waals surface area contributed by atoms with Gasteiger partial charge in [-0.15, -0.1) is 0 Å². The van der Waals surface area contributed by atoms with Crippen LogP contribution in [0.1, 0.15) is 33.1 Å². The van der Waals surface area contributed by atoms with Crippen LogP contribution in [0.5, 0.6) is 0 Å². The summed E-state index contributed by atoms with van der Waals surface area (Å²) in [5, 5.41) is 8.60. The maximum Gasteiger partial charge on any atom is 0.0698 e. The molecule has 1 N–H and O–H groups in total. The normalized spacial score (nSPS) is 22.1. The minimum atomic E-state index is 0.135. The van der Waals surface area contributed by atoms with Crippen LogP contribution in [0.15, 0.2) is 0 Å². The maximum absolute atomic E-state index is 8.60. The van der Waals surface area contributed by atoms with Gasteiger partial charge in [-0.25, -0.2) is 0 Å². The molecule has 0 saturated carbocycles. The third-order valence-corrected chi connectivity index (χ3v) is 3.81. The van der Waals surface area contributed by atoms with Crippen LogP contribution in [0.4, 0.5) is 0 Å². The fraction of sp³-hybridized carbons (Fsp3) is 1.00. The molecule has 1 aliphatic rings. The Morgan fingerprint density at radius 1 is 1.31 bits per heavy atom. The second-order valence-electron chi connectivity index (χ2n) is 4.76. The molecule has 1 fully saturated rings. The van der Waals surface area contributed by atoms with Gasteiger partial charge in [0.25, 0.3) is 0 Å². The van der Waals surface area contributed by atoms with Crippen LogP contribution in [0.25, 0.3) is 0 Å². The highest BCUT2D eigenvalue weighted by Gasteiger charge is 2.26. The highest BCUT2D eigenvalue weighted by molar-refractivity contribution is 4.79. The van der Waals surface area contributed by atoms with Gasteiger partial charge in [0.05, 0.1) is 19.8 Å². The number of aliphatic hydroxyl groups excluding tert-OH is 1. The fourth-order valence-electron chi connectivity index (χ4n) is 2.77. The average molecular weight is 229 g/mol. The highest BCUT2D eigenvalue weighted by Crippen LogP contribution is 2.28. The molecular weight excluding hydrogens is 202 g/mol. The van der Waals surface area contributed by atoms with Crippen molar-refractivity contribution < 1.29 is 9.84 Å². The zero-order valence-corrected chi connectivity index (χ0v) is 10.8. The highest BCUT2D eigenvalue weighted by atomic mass is 16.5. The number of ether oxygens (including phenoxy) is 1. The molecule has 0 aromatic rings. The van der Waals surface area contributed by atoms with Crippen molar-refractivity contribution in [2.75, 3.05) is 39.5 Å². The first-order valence-electron chi connectivity index (χ1n) is 6.72. The van der Waals surface area contributed by atoms with Gasteiger partial charge in [-0.1, -0.05) is 26.7 Å². The average Bonchev–Trinajstić information content (AvgIpc) is 2.75. The molecule has 1 atom stereocenters. The predicted octanol–water partition coefficient (Wildman–Crippen LogP) is 1.75. The molecule has 0 aromatic heterocycles. The first-order chi connectivity index (χ1) is 7.81. The van der Waals surface area contributed by atoms with Crippen molar-refractivity contribution in [2.45, 2.75) is 33.1 Å². The van der Waals surface area contributed by atoms with E-state index in [1.807, 2.05) is 0 Å². The van der Waals surface area contributed by atoms with E-state index < -0.39 is 0 Å². The smallest absolute Gasteiger partial charge is 0.0698 e. The van der Waals surface area contributed by atoms with E-state index in [0.717, 1.165) is 25.0 Å². The minimum absolute atomic E-state index is 0.135. The van der Waals surface area contributed by atoms with E-state index in [9.17, 15) is 0 Å². The molecular formula is C13H27NO2. The summed E-state index contributed by atoms with van der Waals surface area (Å²) in [7, 11) is 0. The summed E-state index contributed by atoms with van der Waals surface area (Å²) in [6.07, 6.45) is 3.98. The molecule has 0 radical (unpaired) electrons. The Kier molecular flexibility index (Phi) is 7.01. The molecule has 1 aliphatic heterocycles. The lowest BCUT2D eigenvalue weighted by Gasteiger charge is -2.21. The first kappa shape index (κ1) is 13.9. The lowest BCUT2D eigenvalue weighted by molar-refractivity contribution is 0.0768. The maximum atomic E-state index is 8.60. The zero-order chi connectivity index (χ0) is 11.8. The molecule has 0 amide bonds. The quantitative estimate of drug-likeness (QED) is 0.644. The molecule has 3 heteroatoms. The van der Waals surface area contributed by atoms with Gasteiger partial charge in [-0.2, -0.15) is 0 Å². The van der Waals surface area contributed by atoms with Crippen molar-refractivity contribution in [1.29, 1.82) is 0 Å². The molecule has 0 bridgehead atoms. The molecule has 1 unspecified atom stereocenters. The molecule has 1 heterocycles. The van der Waals surface area contributed by atoms with Crippen molar-refractivity contribution in [1.82, 2.24) is 4.90 Å². The Morgan fingerprint density at radius 3 is 2.69 bits per heavy atom. The van der Waals surface area contributed by atoms with Crippen molar-refractivity contribution in [3.8, 4) is 0 Å². The number of rotatable bonds is 8. The molecule has 3 nitrogen and oxygen atoms in total. The molecule has 96 valence electrons. The van der Waals surface area contributed by atoms with Gasteiger partial charge >= 0.3 is 0 Å². The first-order valence-corrected chi connectivity index (χ1v) is 6.72. The monoisotopic (exact) mass is 229 g/mol. The predicted molar refractivity (Wildman–Crippen MR) is 66.5 cm³/mol. The number of aliphatic hydroxyl groups is 1. The van der Waals surface area contributed by atoms with Crippen LogP contribution >= 0.6 is 0 Å². The summed E-state index contributed by atoms with van der Waals surface area (Å²) in [6, 6.07) is 0. The van der Waals surface area contributed by atoms with Crippen LogP contribution in [0, 0.1) is 11.8 Å². The van der Waals surface area contributed by atoms with Crippen molar-refractivity contribution >= 4 is 0 Å². The molecule has 0 aliphatic carbocycles. The fourth-order valence-corrected chi connectivity index (χ4v) is 2.77. The van der Waals surface area contributed by atoms with Gasteiger partial charge in [0.15, 0.2) is 0 Å². The number of hydrogen-bond donors (Lipinski definition) is 1. The number of likely N-dealkylation sites (tertiary alicyclic amines) is 1. The van der Waals surface area contributed by atoms with Gasteiger partial charge < -0.3 is 14.7 Å². The molecule has 0 aromatic carbocycles.